The molecular weight excluding hydrogens is 404 g/mol. The number of hydrogen-bond acceptors (Lipinski definition) is 6. The summed E-state index contributed by atoms with van der Waals surface area (Å²) in [5, 5.41) is 4.64. The van der Waals surface area contributed by atoms with Gasteiger partial charge >= 0.3 is 6.09 Å². The maximum atomic E-state index is 12.0. The first-order valence-corrected chi connectivity index (χ1v) is 11.1. The zero-order valence-corrected chi connectivity index (χ0v) is 18.1. The van der Waals surface area contributed by atoms with E-state index in [1.807, 2.05) is 43.3 Å². The first-order valence-electron chi connectivity index (χ1n) is 11.1. The Morgan fingerprint density at radius 3 is 2.78 bits per heavy atom. The van der Waals surface area contributed by atoms with Gasteiger partial charge < -0.3 is 19.5 Å². The average molecular weight is 431 g/mol. The number of ether oxygens (including phenoxy) is 1. The van der Waals surface area contributed by atoms with Crippen LogP contribution in [0.4, 0.5) is 10.7 Å². The van der Waals surface area contributed by atoms with Gasteiger partial charge in [-0.05, 0) is 56.2 Å². The smallest absolute Gasteiger partial charge is 0.409 e. The number of likely N-dealkylation sites (tertiary alicyclic amines) is 1. The number of benzene rings is 1. The predicted molar refractivity (Wildman–Crippen MR) is 124 cm³/mol. The van der Waals surface area contributed by atoms with Crippen molar-refractivity contribution in [2.45, 2.75) is 32.4 Å². The molecule has 0 saturated carbocycles. The quantitative estimate of drug-likeness (QED) is 0.514. The number of nitrogens with one attached hydrogen (secondary N) is 1. The van der Waals surface area contributed by atoms with Crippen molar-refractivity contribution < 1.29 is 9.53 Å². The van der Waals surface area contributed by atoms with Crippen molar-refractivity contribution >= 4 is 34.1 Å². The summed E-state index contributed by atoms with van der Waals surface area (Å²) < 4.78 is 7.30. The Balaban J connectivity index is 1.38. The largest absolute Gasteiger partial charge is 0.450 e. The van der Waals surface area contributed by atoms with E-state index < -0.39 is 0 Å². The number of amides is 1. The minimum Gasteiger partial charge on any atom is -0.450 e. The molecule has 5 rings (SSSR count). The lowest BCUT2D eigenvalue weighted by Gasteiger charge is -2.31. The topological polar surface area (TPSA) is 85.2 Å². The lowest BCUT2D eigenvalue weighted by molar-refractivity contribution is 0.0983. The second-order valence-electron chi connectivity index (χ2n) is 7.97. The van der Waals surface area contributed by atoms with Gasteiger partial charge in [0, 0.05) is 30.7 Å². The molecule has 4 heterocycles. The molecule has 1 aliphatic heterocycles. The molecule has 4 aromatic rings. The zero-order valence-electron chi connectivity index (χ0n) is 18.1. The molecule has 0 spiro atoms. The Kier molecular flexibility index (Phi) is 5.58. The van der Waals surface area contributed by atoms with Crippen LogP contribution in [-0.4, -0.2) is 56.3 Å². The van der Waals surface area contributed by atoms with Crippen LogP contribution in [0.2, 0.25) is 0 Å². The van der Waals surface area contributed by atoms with Gasteiger partial charge in [0.25, 0.3) is 0 Å². The summed E-state index contributed by atoms with van der Waals surface area (Å²) in [7, 11) is 0. The highest BCUT2D eigenvalue weighted by Crippen LogP contribution is 2.24. The van der Waals surface area contributed by atoms with E-state index in [2.05, 4.69) is 27.0 Å². The highest BCUT2D eigenvalue weighted by atomic mass is 16.6. The van der Waals surface area contributed by atoms with E-state index in [1.165, 1.54) is 0 Å². The highest BCUT2D eigenvalue weighted by molar-refractivity contribution is 5.79. The van der Waals surface area contributed by atoms with Gasteiger partial charge in [0.1, 0.15) is 0 Å². The molecule has 0 aliphatic carbocycles. The van der Waals surface area contributed by atoms with E-state index in [0.29, 0.717) is 26.2 Å². The van der Waals surface area contributed by atoms with Gasteiger partial charge in [-0.1, -0.05) is 12.1 Å². The van der Waals surface area contributed by atoms with Gasteiger partial charge in [-0.25, -0.2) is 19.7 Å². The van der Waals surface area contributed by atoms with Crippen LogP contribution in [0.25, 0.3) is 22.1 Å². The van der Waals surface area contributed by atoms with Gasteiger partial charge in [0.2, 0.25) is 5.95 Å². The number of carbonyl (C=O) groups is 1. The Labute approximate surface area is 186 Å². The Hall–Kier alpha value is -3.68. The van der Waals surface area contributed by atoms with Crippen molar-refractivity contribution in [2.24, 2.45) is 0 Å². The molecule has 3 aromatic heterocycles. The Bertz CT molecular complexity index is 1250. The third-order valence-electron chi connectivity index (χ3n) is 5.85. The minimum absolute atomic E-state index is 0.228. The van der Waals surface area contributed by atoms with Crippen molar-refractivity contribution in [3.05, 3.63) is 60.4 Å². The fourth-order valence-electron chi connectivity index (χ4n) is 4.19. The molecule has 1 N–H and O–H groups in total. The fraction of sp³-hybridized carbons (Fsp3) is 0.333. The molecule has 1 amide bonds. The van der Waals surface area contributed by atoms with Crippen molar-refractivity contribution in [2.75, 3.05) is 25.0 Å². The van der Waals surface area contributed by atoms with Crippen LogP contribution in [0, 0.1) is 0 Å². The average Bonchev–Trinajstić information content (AvgIpc) is 3.16. The van der Waals surface area contributed by atoms with Gasteiger partial charge in [-0.3, -0.25) is 0 Å². The number of fused-ring (bicyclic) bond motifs is 2. The summed E-state index contributed by atoms with van der Waals surface area (Å²) in [6.45, 7) is 4.18. The summed E-state index contributed by atoms with van der Waals surface area (Å²) in [5.41, 5.74) is 3.68. The van der Waals surface area contributed by atoms with E-state index in [-0.39, 0.29) is 12.1 Å². The van der Waals surface area contributed by atoms with Crippen LogP contribution in [-0.2, 0) is 11.3 Å². The second kappa shape index (κ2) is 8.82. The van der Waals surface area contributed by atoms with Crippen molar-refractivity contribution in [1.29, 1.82) is 0 Å². The summed E-state index contributed by atoms with van der Waals surface area (Å²) in [5.74, 6) is 0.823. The number of piperidine rings is 1. The highest BCUT2D eigenvalue weighted by Gasteiger charge is 2.25. The van der Waals surface area contributed by atoms with Gasteiger partial charge in [-0.15, -0.1) is 0 Å². The molecule has 0 radical (unpaired) electrons. The number of anilines is 1. The number of nitrogens with zero attached hydrogens (tertiary/aromatic N) is 5. The number of para-hydroxylation sites is 2. The molecule has 164 valence electrons. The maximum Gasteiger partial charge on any atom is 0.409 e. The van der Waals surface area contributed by atoms with Gasteiger partial charge in [0.15, 0.2) is 5.65 Å². The van der Waals surface area contributed by atoms with Crippen LogP contribution >= 0.6 is 0 Å². The van der Waals surface area contributed by atoms with E-state index in [9.17, 15) is 4.79 Å². The van der Waals surface area contributed by atoms with Crippen molar-refractivity contribution in [3.8, 4) is 0 Å². The minimum atomic E-state index is -0.228. The third-order valence-corrected chi connectivity index (χ3v) is 5.85. The number of carbonyl (C=O) groups excluding carboxylic acids is 1. The molecule has 0 bridgehead atoms. The van der Waals surface area contributed by atoms with Crippen molar-refractivity contribution in [1.82, 2.24) is 24.4 Å². The normalized spacial score (nSPS) is 14.7. The van der Waals surface area contributed by atoms with E-state index in [4.69, 9.17) is 14.7 Å². The number of rotatable bonds is 5. The summed E-state index contributed by atoms with van der Waals surface area (Å²) in [6.07, 6.45) is 3.23. The van der Waals surface area contributed by atoms with E-state index in [0.717, 1.165) is 46.6 Å². The zero-order chi connectivity index (χ0) is 21.9. The van der Waals surface area contributed by atoms with Crippen LogP contribution in [0.5, 0.6) is 0 Å². The van der Waals surface area contributed by atoms with Crippen LogP contribution < -0.4 is 5.32 Å². The van der Waals surface area contributed by atoms with Crippen LogP contribution in [0.1, 0.15) is 25.5 Å². The first kappa shape index (κ1) is 20.2. The molecular formula is C24H26N6O2. The molecule has 1 aromatic carbocycles. The van der Waals surface area contributed by atoms with E-state index in [1.54, 1.807) is 11.1 Å². The Morgan fingerprint density at radius 1 is 1.09 bits per heavy atom. The molecule has 1 fully saturated rings. The lowest BCUT2D eigenvalue weighted by Crippen LogP contribution is -2.42. The molecule has 0 unspecified atom stereocenters. The molecule has 8 heteroatoms. The number of hydrogen-bond donors (Lipinski definition) is 1. The second-order valence-corrected chi connectivity index (χ2v) is 7.97. The van der Waals surface area contributed by atoms with Gasteiger partial charge in [-0.2, -0.15) is 0 Å². The number of aromatic nitrogens is 4. The standard InChI is InChI=1S/C24H26N6O2/c1-2-32-24(31)29-14-11-18(12-15-29)27-23-28-20-7-3-4-8-21(20)30(23)16-19-10-9-17-6-5-13-25-22(17)26-19/h3-10,13,18H,2,11-12,14-16H2,1H3,(H,27,28). The molecule has 1 aliphatic rings. The number of pyridine rings is 2. The summed E-state index contributed by atoms with van der Waals surface area (Å²) in [4.78, 5) is 27.7. The van der Waals surface area contributed by atoms with Gasteiger partial charge in [0.05, 0.1) is 29.9 Å². The monoisotopic (exact) mass is 430 g/mol. The summed E-state index contributed by atoms with van der Waals surface area (Å²) in [6, 6.07) is 16.4. The molecule has 0 atom stereocenters. The fourth-order valence-corrected chi connectivity index (χ4v) is 4.19. The Morgan fingerprint density at radius 2 is 1.94 bits per heavy atom. The summed E-state index contributed by atoms with van der Waals surface area (Å²) >= 11 is 0. The molecule has 8 nitrogen and oxygen atoms in total. The number of imidazole rings is 1. The molecule has 1 saturated heterocycles. The molecule has 32 heavy (non-hydrogen) atoms. The van der Waals surface area contributed by atoms with Crippen molar-refractivity contribution in [3.63, 3.8) is 0 Å². The maximum absolute atomic E-state index is 12.0. The predicted octanol–water partition coefficient (Wildman–Crippen LogP) is 4.06. The van der Waals surface area contributed by atoms with E-state index >= 15 is 0 Å². The SMILES string of the molecule is CCOC(=O)N1CCC(Nc2nc3ccccc3n2Cc2ccc3cccnc3n2)CC1. The van der Waals surface area contributed by atoms with Crippen LogP contribution in [0.3, 0.4) is 0 Å². The third kappa shape index (κ3) is 4.08. The first-order chi connectivity index (χ1) is 15.7. The lowest BCUT2D eigenvalue weighted by atomic mass is 10.1. The van der Waals surface area contributed by atoms with Crippen LogP contribution in [0.15, 0.2) is 54.7 Å².